The molecule has 4 rings (SSSR count). The van der Waals surface area contributed by atoms with E-state index in [1.807, 2.05) is 19.1 Å². The summed E-state index contributed by atoms with van der Waals surface area (Å²) in [4.78, 5) is 17.5. The van der Waals surface area contributed by atoms with Crippen molar-refractivity contribution in [1.82, 2.24) is 14.8 Å². The maximum atomic E-state index is 12.7. The molecule has 1 N–H and O–H groups in total. The minimum absolute atomic E-state index is 0.0671. The Labute approximate surface area is 174 Å². The number of thiazole rings is 1. The molecule has 2 aromatic carbocycles. The highest BCUT2D eigenvalue weighted by atomic mass is 32.1. The zero-order valence-electron chi connectivity index (χ0n) is 17.3. The third kappa shape index (κ3) is 3.93. The number of nitrogens with zero attached hydrogens (tertiary/aromatic N) is 3. The van der Waals surface area contributed by atoms with Gasteiger partial charge in [-0.05, 0) is 68.5 Å². The van der Waals surface area contributed by atoms with Gasteiger partial charge in [0.25, 0.3) is 0 Å². The minimum atomic E-state index is -0.0671. The van der Waals surface area contributed by atoms with Crippen LogP contribution < -0.4 is 5.32 Å². The van der Waals surface area contributed by atoms with Gasteiger partial charge in [0.2, 0.25) is 11.0 Å². The van der Waals surface area contributed by atoms with E-state index in [2.05, 4.69) is 62.4 Å². The lowest BCUT2D eigenvalue weighted by molar-refractivity contribution is -0.115. The lowest BCUT2D eigenvalue weighted by atomic mass is 10.0. The van der Waals surface area contributed by atoms with Gasteiger partial charge in [-0.2, -0.15) is 9.78 Å². The molecule has 0 fully saturated rings. The van der Waals surface area contributed by atoms with Crippen molar-refractivity contribution in [2.75, 3.05) is 5.32 Å². The van der Waals surface area contributed by atoms with E-state index < -0.39 is 0 Å². The molecular weight excluding hydrogens is 380 g/mol. The lowest BCUT2D eigenvalue weighted by Crippen LogP contribution is -2.17. The van der Waals surface area contributed by atoms with Crippen LogP contribution in [0.4, 0.5) is 5.82 Å². The molecule has 148 valence electrons. The lowest BCUT2D eigenvalue weighted by Gasteiger charge is -2.08. The van der Waals surface area contributed by atoms with Crippen molar-refractivity contribution >= 4 is 33.3 Å². The van der Waals surface area contributed by atoms with Crippen LogP contribution >= 0.6 is 11.3 Å². The van der Waals surface area contributed by atoms with E-state index in [1.54, 1.807) is 16.0 Å². The predicted molar refractivity (Wildman–Crippen MR) is 119 cm³/mol. The molecule has 6 heteroatoms. The number of anilines is 1. The summed E-state index contributed by atoms with van der Waals surface area (Å²) in [7, 11) is 0. The first-order valence-corrected chi connectivity index (χ1v) is 10.4. The quantitative estimate of drug-likeness (QED) is 0.508. The number of aryl methyl sites for hydroxylation is 5. The number of aromatic nitrogens is 3. The van der Waals surface area contributed by atoms with Gasteiger partial charge < -0.3 is 5.32 Å². The van der Waals surface area contributed by atoms with Crippen LogP contribution in [-0.4, -0.2) is 20.7 Å². The van der Waals surface area contributed by atoms with Crippen molar-refractivity contribution in [3.8, 4) is 5.13 Å². The molecule has 5 nitrogen and oxygen atoms in total. The first-order chi connectivity index (χ1) is 13.8. The summed E-state index contributed by atoms with van der Waals surface area (Å²) >= 11 is 1.58. The van der Waals surface area contributed by atoms with Crippen molar-refractivity contribution in [2.24, 2.45) is 0 Å². The Bertz CT molecular complexity index is 1240. The van der Waals surface area contributed by atoms with E-state index in [-0.39, 0.29) is 5.91 Å². The zero-order chi connectivity index (χ0) is 20.7. The highest BCUT2D eigenvalue weighted by Gasteiger charge is 2.16. The third-order valence-electron chi connectivity index (χ3n) is 5.03. The second-order valence-electron chi connectivity index (χ2n) is 7.65. The number of amides is 1. The Morgan fingerprint density at radius 2 is 1.79 bits per heavy atom. The van der Waals surface area contributed by atoms with E-state index in [1.165, 1.54) is 16.7 Å². The van der Waals surface area contributed by atoms with Crippen LogP contribution in [0.3, 0.4) is 0 Å². The van der Waals surface area contributed by atoms with E-state index in [0.29, 0.717) is 12.2 Å². The van der Waals surface area contributed by atoms with Crippen molar-refractivity contribution in [1.29, 1.82) is 0 Å². The van der Waals surface area contributed by atoms with Crippen LogP contribution in [0.2, 0.25) is 0 Å². The van der Waals surface area contributed by atoms with Crippen molar-refractivity contribution < 1.29 is 4.79 Å². The average molecular weight is 405 g/mol. The Morgan fingerprint density at radius 3 is 2.55 bits per heavy atom. The molecule has 0 saturated carbocycles. The molecule has 0 spiro atoms. The molecule has 29 heavy (non-hydrogen) atoms. The molecule has 0 atom stereocenters. The zero-order valence-corrected chi connectivity index (χ0v) is 18.1. The number of hydrogen-bond acceptors (Lipinski definition) is 4. The third-order valence-corrected chi connectivity index (χ3v) is 6.01. The summed E-state index contributed by atoms with van der Waals surface area (Å²) in [5, 5.41) is 8.33. The molecule has 2 heterocycles. The SMILES string of the molecule is Cc1cc(C)c2nc(-n3nc(C)cc3NC(=O)Cc3ccc(C)c(C)c3)sc2c1. The largest absolute Gasteiger partial charge is 0.310 e. The Kier molecular flexibility index (Phi) is 4.96. The van der Waals surface area contributed by atoms with Crippen LogP contribution in [0, 0.1) is 34.6 Å². The number of rotatable bonds is 4. The fourth-order valence-corrected chi connectivity index (χ4v) is 4.58. The van der Waals surface area contributed by atoms with Crippen LogP contribution in [0.1, 0.15) is 33.5 Å². The van der Waals surface area contributed by atoms with Gasteiger partial charge in [0.15, 0.2) is 0 Å². The van der Waals surface area contributed by atoms with Crippen molar-refractivity contribution in [2.45, 2.75) is 41.0 Å². The minimum Gasteiger partial charge on any atom is -0.310 e. The maximum absolute atomic E-state index is 12.7. The second-order valence-corrected chi connectivity index (χ2v) is 8.66. The summed E-state index contributed by atoms with van der Waals surface area (Å²) in [6.45, 7) is 10.2. The van der Waals surface area contributed by atoms with Crippen LogP contribution in [0.25, 0.3) is 15.3 Å². The highest BCUT2D eigenvalue weighted by Crippen LogP contribution is 2.30. The molecular formula is C23H24N4OS. The number of fused-ring (bicyclic) bond motifs is 1. The maximum Gasteiger partial charge on any atom is 0.229 e. The van der Waals surface area contributed by atoms with E-state index in [9.17, 15) is 4.79 Å². The first-order valence-electron chi connectivity index (χ1n) is 9.61. The molecule has 2 aromatic heterocycles. The van der Waals surface area contributed by atoms with Gasteiger partial charge in [0.1, 0.15) is 5.82 Å². The van der Waals surface area contributed by atoms with Crippen LogP contribution in [-0.2, 0) is 11.2 Å². The average Bonchev–Trinajstić information content (AvgIpc) is 3.21. The van der Waals surface area contributed by atoms with E-state index >= 15 is 0 Å². The van der Waals surface area contributed by atoms with Gasteiger partial charge in [-0.15, -0.1) is 0 Å². The number of benzene rings is 2. The highest BCUT2D eigenvalue weighted by molar-refractivity contribution is 7.20. The molecule has 0 bridgehead atoms. The molecule has 0 saturated heterocycles. The van der Waals surface area contributed by atoms with E-state index in [0.717, 1.165) is 32.2 Å². The van der Waals surface area contributed by atoms with Crippen LogP contribution in [0.5, 0.6) is 0 Å². The molecule has 4 aromatic rings. The Morgan fingerprint density at radius 1 is 1.00 bits per heavy atom. The topological polar surface area (TPSA) is 59.8 Å². The molecule has 0 aliphatic heterocycles. The summed E-state index contributed by atoms with van der Waals surface area (Å²) in [5.41, 5.74) is 7.59. The summed E-state index contributed by atoms with van der Waals surface area (Å²) in [6, 6.07) is 12.3. The number of nitrogens with one attached hydrogen (secondary N) is 1. The van der Waals surface area contributed by atoms with E-state index in [4.69, 9.17) is 4.98 Å². The summed E-state index contributed by atoms with van der Waals surface area (Å²) in [5.74, 6) is 0.576. The van der Waals surface area contributed by atoms with Gasteiger partial charge in [0, 0.05) is 6.07 Å². The standard InChI is InChI=1S/C23H24N4OS/c1-13-8-16(4)22-19(9-13)29-23(25-22)27-20(11-17(5)26-27)24-21(28)12-18-7-6-14(2)15(3)10-18/h6-11H,12H2,1-5H3,(H,24,28). The van der Waals surface area contributed by atoms with Crippen molar-refractivity contribution in [3.63, 3.8) is 0 Å². The fraction of sp³-hybridized carbons (Fsp3) is 0.261. The summed E-state index contributed by atoms with van der Waals surface area (Å²) < 4.78 is 2.85. The number of carbonyl (C=O) groups excluding carboxylic acids is 1. The summed E-state index contributed by atoms with van der Waals surface area (Å²) in [6.07, 6.45) is 0.323. The fourth-order valence-electron chi connectivity index (χ4n) is 3.47. The Balaban J connectivity index is 1.62. The molecule has 0 unspecified atom stereocenters. The van der Waals surface area contributed by atoms with Gasteiger partial charge in [-0.3, -0.25) is 4.79 Å². The van der Waals surface area contributed by atoms with Crippen LogP contribution in [0.15, 0.2) is 36.4 Å². The molecule has 0 aliphatic carbocycles. The Hall–Kier alpha value is -2.99. The monoisotopic (exact) mass is 404 g/mol. The van der Waals surface area contributed by atoms with Gasteiger partial charge >= 0.3 is 0 Å². The van der Waals surface area contributed by atoms with Gasteiger partial charge in [-0.25, -0.2) is 4.98 Å². The number of hydrogen-bond donors (Lipinski definition) is 1. The normalized spacial score (nSPS) is 11.2. The molecule has 0 aliphatic rings. The van der Waals surface area contributed by atoms with Crippen molar-refractivity contribution in [3.05, 3.63) is 69.9 Å². The first kappa shape index (κ1) is 19.3. The molecule has 0 radical (unpaired) electrons. The smallest absolute Gasteiger partial charge is 0.229 e. The second kappa shape index (κ2) is 7.44. The molecule has 1 amide bonds. The van der Waals surface area contributed by atoms with Gasteiger partial charge in [0.05, 0.1) is 22.3 Å². The van der Waals surface area contributed by atoms with Gasteiger partial charge in [-0.1, -0.05) is 35.6 Å². The number of carbonyl (C=O) groups is 1. The predicted octanol–water partition coefficient (Wildman–Crippen LogP) is 5.21.